The number of carbonyl (C=O) groups excluding carboxylic acids is 1. The van der Waals surface area contributed by atoms with Crippen LogP contribution in [0.5, 0.6) is 0 Å². The molecule has 1 aromatic heterocycles. The Bertz CT molecular complexity index is 621. The molecule has 23 heavy (non-hydrogen) atoms. The van der Waals surface area contributed by atoms with Crippen molar-refractivity contribution in [1.82, 2.24) is 4.98 Å². The van der Waals surface area contributed by atoms with Crippen LogP contribution in [0, 0.1) is 0 Å². The Morgan fingerprint density at radius 1 is 1.13 bits per heavy atom. The Labute approximate surface area is 124 Å². The van der Waals surface area contributed by atoms with Crippen LogP contribution < -0.4 is 5.32 Å². The van der Waals surface area contributed by atoms with Crippen molar-refractivity contribution >= 4 is 22.4 Å². The second kappa shape index (κ2) is 4.72. The van der Waals surface area contributed by atoms with Crippen LogP contribution in [0.3, 0.4) is 0 Å². The van der Waals surface area contributed by atoms with E-state index in [-0.39, 0.29) is 0 Å². The van der Waals surface area contributed by atoms with E-state index in [1.807, 2.05) is 0 Å². The van der Waals surface area contributed by atoms with Crippen LogP contribution in [0.25, 0.3) is 0 Å². The maximum atomic E-state index is 13.8. The van der Waals surface area contributed by atoms with Gasteiger partial charge in [-0.15, -0.1) is 11.3 Å². The number of hydrogen-bond acceptors (Lipinski definition) is 4. The van der Waals surface area contributed by atoms with Gasteiger partial charge in [-0.3, -0.25) is 14.8 Å². The zero-order chi connectivity index (χ0) is 17.9. The first-order chi connectivity index (χ1) is 10.2. The molecule has 1 atom stereocenters. The minimum atomic E-state index is -6.70. The third kappa shape index (κ3) is 2.10. The Hall–Kier alpha value is -1.57. The molecule has 2 rings (SSSR count). The Morgan fingerprint density at radius 3 is 2.09 bits per heavy atom. The number of thiazole rings is 1. The maximum absolute atomic E-state index is 13.8. The molecule has 0 aliphatic carbocycles. The summed E-state index contributed by atoms with van der Waals surface area (Å²) in [4.78, 5) is 14.4. The normalized spacial score (nSPS) is 28.6. The summed E-state index contributed by atoms with van der Waals surface area (Å²) in [6, 6.07) is 0. The highest BCUT2D eigenvalue weighted by Crippen LogP contribution is 2.64. The van der Waals surface area contributed by atoms with Crippen LogP contribution in [0.15, 0.2) is 11.6 Å². The van der Waals surface area contributed by atoms with Crippen molar-refractivity contribution in [1.29, 1.82) is 0 Å². The molecule has 4 nitrogen and oxygen atoms in total. The number of nitrogens with zero attached hydrogens (tertiary/aromatic N) is 1. The van der Waals surface area contributed by atoms with Crippen molar-refractivity contribution in [3.8, 4) is 0 Å². The van der Waals surface area contributed by atoms with E-state index >= 15 is 0 Å². The summed E-state index contributed by atoms with van der Waals surface area (Å²) < 4.78 is 121. The van der Waals surface area contributed by atoms with Gasteiger partial charge in [0.05, 0.1) is 0 Å². The van der Waals surface area contributed by atoms with E-state index in [2.05, 4.69) is 9.72 Å². The van der Waals surface area contributed by atoms with Gasteiger partial charge in [-0.25, -0.2) is 4.98 Å². The molecule has 0 spiro atoms. The first kappa shape index (κ1) is 17.8. The van der Waals surface area contributed by atoms with Crippen molar-refractivity contribution in [3.05, 3.63) is 11.6 Å². The molecule has 0 radical (unpaired) electrons. The molecular weight excluding hydrogens is 371 g/mol. The largest absolute Gasteiger partial charge is 0.428 e. The number of alkyl halides is 9. The molecule has 0 saturated carbocycles. The fraction of sp³-hybridized carbons (Fsp3) is 0.556. The Kier molecular flexibility index (Phi) is 3.65. The smallest absolute Gasteiger partial charge is 0.296 e. The van der Waals surface area contributed by atoms with Crippen LogP contribution >= 0.6 is 11.3 Å². The Balaban J connectivity index is 2.43. The molecule has 1 aromatic rings. The predicted octanol–water partition coefficient (Wildman–Crippen LogP) is 3.28. The summed E-state index contributed by atoms with van der Waals surface area (Å²) in [5, 5.41) is 1.62. The number of amides is 1. The molecule has 1 amide bonds. The van der Waals surface area contributed by atoms with Gasteiger partial charge in [0, 0.05) is 11.6 Å². The zero-order valence-corrected chi connectivity index (χ0v) is 11.0. The van der Waals surface area contributed by atoms with E-state index in [9.17, 15) is 44.3 Å². The number of hydrogen-bond donors (Lipinski definition) is 1. The predicted molar refractivity (Wildman–Crippen MR) is 55.5 cm³/mol. The fourth-order valence-electron chi connectivity index (χ4n) is 1.56. The molecular formula is C9H3F9N2O2S. The van der Waals surface area contributed by atoms with Crippen LogP contribution in [0.2, 0.25) is 0 Å². The van der Waals surface area contributed by atoms with Crippen molar-refractivity contribution < 1.29 is 49.0 Å². The molecule has 1 fully saturated rings. The summed E-state index contributed by atoms with van der Waals surface area (Å²) in [7, 11) is 0. The van der Waals surface area contributed by atoms with E-state index in [4.69, 9.17) is 0 Å². The molecule has 0 unspecified atom stereocenters. The molecule has 0 bridgehead atoms. The third-order valence-corrected chi connectivity index (χ3v) is 3.46. The van der Waals surface area contributed by atoms with Gasteiger partial charge in [0.15, 0.2) is 5.13 Å². The third-order valence-electron chi connectivity index (χ3n) is 2.77. The minimum Gasteiger partial charge on any atom is -0.296 e. The number of carbonyl (C=O) groups is 1. The topological polar surface area (TPSA) is 51.2 Å². The highest BCUT2D eigenvalue weighted by atomic mass is 32.1. The Morgan fingerprint density at radius 2 is 1.70 bits per heavy atom. The number of aromatic nitrogens is 1. The number of ether oxygens (including phenoxy) is 1. The standard InChI is InChI=1S/C9H3F9N2O2S/c10-5(11,3(21)20-4-19-1-2-23-4)8(16)6(12,13)7(14,15)9(17,18)22-8/h1-2H,(H,19,20,21)/t8-/m0/s1. The van der Waals surface area contributed by atoms with Gasteiger partial charge in [-0.2, -0.15) is 39.5 Å². The van der Waals surface area contributed by atoms with E-state index in [1.54, 1.807) is 0 Å². The second-order valence-corrected chi connectivity index (χ2v) is 5.12. The first-order valence-electron chi connectivity index (χ1n) is 5.32. The van der Waals surface area contributed by atoms with E-state index < -0.39 is 40.8 Å². The number of halogens is 9. The van der Waals surface area contributed by atoms with Gasteiger partial charge < -0.3 is 0 Å². The fourth-order valence-corrected chi connectivity index (χ4v) is 2.08. The van der Waals surface area contributed by atoms with Gasteiger partial charge in [-0.05, 0) is 0 Å². The van der Waals surface area contributed by atoms with Crippen molar-refractivity contribution in [2.24, 2.45) is 0 Å². The average molecular weight is 374 g/mol. The van der Waals surface area contributed by atoms with E-state index in [1.165, 1.54) is 0 Å². The van der Waals surface area contributed by atoms with Gasteiger partial charge in [0.25, 0.3) is 0 Å². The maximum Gasteiger partial charge on any atom is 0.428 e. The molecule has 0 aromatic carbocycles. The summed E-state index contributed by atoms with van der Waals surface area (Å²) in [6.07, 6.45) is -5.30. The molecule has 1 aliphatic heterocycles. The van der Waals surface area contributed by atoms with Crippen molar-refractivity contribution in [2.45, 2.75) is 29.7 Å². The number of nitrogens with one attached hydrogen (secondary N) is 1. The van der Waals surface area contributed by atoms with Gasteiger partial charge in [-0.1, -0.05) is 0 Å². The summed E-state index contributed by atoms with van der Waals surface area (Å²) in [6.45, 7) is 0. The van der Waals surface area contributed by atoms with Gasteiger partial charge >= 0.3 is 35.6 Å². The molecule has 14 heteroatoms. The average Bonchev–Trinajstić information content (AvgIpc) is 2.92. The lowest BCUT2D eigenvalue weighted by atomic mass is 9.99. The molecule has 2 heterocycles. The molecule has 1 saturated heterocycles. The highest BCUT2D eigenvalue weighted by molar-refractivity contribution is 7.13. The van der Waals surface area contributed by atoms with Gasteiger partial charge in [0.2, 0.25) is 0 Å². The van der Waals surface area contributed by atoms with Gasteiger partial charge in [0.1, 0.15) is 0 Å². The van der Waals surface area contributed by atoms with E-state index in [0.29, 0.717) is 11.3 Å². The number of anilines is 1. The highest BCUT2D eigenvalue weighted by Gasteiger charge is 2.96. The lowest BCUT2D eigenvalue weighted by Crippen LogP contribution is -2.63. The van der Waals surface area contributed by atoms with Crippen LogP contribution in [0.1, 0.15) is 0 Å². The van der Waals surface area contributed by atoms with Crippen LogP contribution in [-0.4, -0.2) is 40.6 Å². The zero-order valence-electron chi connectivity index (χ0n) is 10.2. The van der Waals surface area contributed by atoms with E-state index in [0.717, 1.165) is 16.9 Å². The minimum absolute atomic E-state index is 0.485. The summed E-state index contributed by atoms with van der Waals surface area (Å²) >= 11 is 0.485. The SMILES string of the molecule is O=C(Nc1nccs1)C(F)(F)[C@]1(F)OC(F)(F)C(F)(F)C1(F)F. The number of rotatable bonds is 3. The summed E-state index contributed by atoms with van der Waals surface area (Å²) in [5.74, 6) is -28.6. The lowest BCUT2D eigenvalue weighted by Gasteiger charge is -2.31. The molecule has 1 N–H and O–H groups in total. The monoisotopic (exact) mass is 374 g/mol. The first-order valence-corrected chi connectivity index (χ1v) is 6.20. The summed E-state index contributed by atoms with van der Waals surface area (Å²) in [5.41, 5.74) is 0. The van der Waals surface area contributed by atoms with Crippen molar-refractivity contribution in [3.63, 3.8) is 0 Å². The molecule has 1 aliphatic rings. The van der Waals surface area contributed by atoms with Crippen LogP contribution in [-0.2, 0) is 9.53 Å². The van der Waals surface area contributed by atoms with Crippen LogP contribution in [0.4, 0.5) is 44.6 Å². The molecule has 130 valence electrons. The quantitative estimate of drug-likeness (QED) is 0.827. The second-order valence-electron chi connectivity index (χ2n) is 4.23. The lowest BCUT2D eigenvalue weighted by molar-refractivity contribution is -0.366. The van der Waals surface area contributed by atoms with Crippen molar-refractivity contribution in [2.75, 3.05) is 5.32 Å².